The first-order chi connectivity index (χ1) is 15.2. The minimum Gasteiger partial charge on any atom is -0.347 e. The monoisotopic (exact) mass is 436 g/mol. The molecule has 1 unspecified atom stereocenters. The van der Waals surface area contributed by atoms with Gasteiger partial charge in [0.05, 0.1) is 24.3 Å². The van der Waals surface area contributed by atoms with Crippen molar-refractivity contribution in [3.8, 4) is 21.8 Å². The molecule has 0 N–H and O–H groups in total. The fourth-order valence-corrected chi connectivity index (χ4v) is 5.69. The van der Waals surface area contributed by atoms with Gasteiger partial charge in [-0.3, -0.25) is 0 Å². The van der Waals surface area contributed by atoms with E-state index in [1.165, 1.54) is 23.6 Å². The van der Waals surface area contributed by atoms with E-state index in [9.17, 15) is 8.78 Å². The van der Waals surface area contributed by atoms with Crippen molar-refractivity contribution < 1.29 is 8.78 Å². The Kier molecular flexibility index (Phi) is 4.31. The predicted octanol–water partition coefficient (Wildman–Crippen LogP) is 4.56. The van der Waals surface area contributed by atoms with E-state index in [1.54, 1.807) is 18.2 Å². The Morgan fingerprint density at radius 2 is 1.94 bits per heavy atom. The summed E-state index contributed by atoms with van der Waals surface area (Å²) in [6.45, 7) is 1.63. The molecule has 3 aromatic heterocycles. The van der Waals surface area contributed by atoms with Crippen LogP contribution in [0, 0.1) is 17.7 Å². The number of nitrogens with zero attached hydrogens (tertiary/aromatic N) is 6. The molecule has 0 bridgehead atoms. The third-order valence-corrected chi connectivity index (χ3v) is 7.27. The average Bonchev–Trinajstić information content (AvgIpc) is 3.51. The van der Waals surface area contributed by atoms with E-state index in [0.717, 1.165) is 47.9 Å². The van der Waals surface area contributed by atoms with Gasteiger partial charge in [-0.2, -0.15) is 4.39 Å². The van der Waals surface area contributed by atoms with Gasteiger partial charge in [-0.05, 0) is 30.9 Å². The Morgan fingerprint density at radius 3 is 2.77 bits per heavy atom. The number of rotatable bonds is 3. The lowest BCUT2D eigenvalue weighted by Gasteiger charge is -2.35. The van der Waals surface area contributed by atoms with Crippen molar-refractivity contribution in [2.75, 3.05) is 18.0 Å². The molecule has 2 aliphatic heterocycles. The molecule has 156 valence electrons. The smallest absolute Gasteiger partial charge is 0.213 e. The summed E-state index contributed by atoms with van der Waals surface area (Å²) < 4.78 is 30.3. The Hall–Kier alpha value is -3.20. The zero-order valence-corrected chi connectivity index (χ0v) is 17.3. The van der Waals surface area contributed by atoms with E-state index < -0.39 is 5.95 Å². The number of pyridine rings is 1. The van der Waals surface area contributed by atoms with Crippen LogP contribution in [-0.2, 0) is 0 Å². The lowest BCUT2D eigenvalue weighted by atomic mass is 9.85. The Balaban J connectivity index is 1.22. The number of benzene rings is 1. The van der Waals surface area contributed by atoms with Gasteiger partial charge < -0.3 is 9.47 Å². The van der Waals surface area contributed by atoms with Gasteiger partial charge in [0.15, 0.2) is 0 Å². The van der Waals surface area contributed by atoms with E-state index in [2.05, 4.69) is 29.6 Å². The lowest BCUT2D eigenvalue weighted by molar-refractivity contribution is 0.311. The molecular formula is C22H18F2N6S. The lowest BCUT2D eigenvalue weighted by Crippen LogP contribution is -2.36. The van der Waals surface area contributed by atoms with Crippen LogP contribution in [0.4, 0.5) is 13.9 Å². The van der Waals surface area contributed by atoms with Crippen LogP contribution in [0.15, 0.2) is 49.1 Å². The first kappa shape index (κ1) is 18.6. The van der Waals surface area contributed by atoms with E-state index >= 15 is 0 Å². The van der Waals surface area contributed by atoms with Crippen LogP contribution in [0.5, 0.6) is 0 Å². The molecule has 0 spiro atoms. The number of aromatic nitrogens is 5. The zero-order chi connectivity index (χ0) is 20.9. The van der Waals surface area contributed by atoms with Gasteiger partial charge in [-0.1, -0.05) is 23.5 Å². The summed E-state index contributed by atoms with van der Waals surface area (Å²) in [5.74, 6) is -0.367. The minimum absolute atomic E-state index is 0.0272. The van der Waals surface area contributed by atoms with Crippen LogP contribution < -0.4 is 4.90 Å². The summed E-state index contributed by atoms with van der Waals surface area (Å²) in [5, 5.41) is 10.1. The molecule has 0 aliphatic carbocycles. The second kappa shape index (κ2) is 7.19. The molecule has 2 aliphatic rings. The van der Waals surface area contributed by atoms with Gasteiger partial charge in [0.2, 0.25) is 11.1 Å². The molecule has 9 heteroatoms. The fraction of sp³-hybridized carbons (Fsp3) is 0.273. The number of anilines is 1. The molecule has 1 aromatic carbocycles. The van der Waals surface area contributed by atoms with Crippen LogP contribution in [0.1, 0.15) is 24.4 Å². The summed E-state index contributed by atoms with van der Waals surface area (Å²) >= 11 is 1.45. The molecule has 0 amide bonds. The molecule has 6 nitrogen and oxygen atoms in total. The number of halogens is 2. The maximum atomic E-state index is 14.8. The van der Waals surface area contributed by atoms with Crippen molar-refractivity contribution in [3.05, 3.63) is 66.4 Å². The van der Waals surface area contributed by atoms with Crippen molar-refractivity contribution >= 4 is 16.5 Å². The van der Waals surface area contributed by atoms with Crippen LogP contribution >= 0.6 is 11.3 Å². The summed E-state index contributed by atoms with van der Waals surface area (Å²) in [5.41, 5.74) is 3.40. The van der Waals surface area contributed by atoms with E-state index in [1.807, 2.05) is 18.6 Å². The van der Waals surface area contributed by atoms with Crippen LogP contribution in [-0.4, -0.2) is 37.8 Å². The molecule has 4 aromatic rings. The zero-order valence-electron chi connectivity index (χ0n) is 16.4. The molecule has 31 heavy (non-hydrogen) atoms. The van der Waals surface area contributed by atoms with Crippen molar-refractivity contribution in [3.63, 3.8) is 0 Å². The minimum atomic E-state index is -0.530. The standard InChI is InChI=1S/C22H18F2N6S/c23-16-3-1-2-15-17-11-25-12-30(17)20(19(15)16)13-5-8-29(9-6-13)22-28-27-21(31-22)14-4-7-26-18(24)10-14/h1-4,7,10-13,20H,5-6,8-9H2. The average molecular weight is 436 g/mol. The van der Waals surface area contributed by atoms with Gasteiger partial charge >= 0.3 is 0 Å². The van der Waals surface area contributed by atoms with E-state index in [-0.39, 0.29) is 11.9 Å². The summed E-state index contributed by atoms with van der Waals surface area (Å²) in [6, 6.07) is 8.36. The molecule has 1 atom stereocenters. The number of hydrogen-bond acceptors (Lipinski definition) is 6. The van der Waals surface area contributed by atoms with E-state index in [4.69, 9.17) is 0 Å². The number of hydrogen-bond donors (Lipinski definition) is 0. The maximum Gasteiger partial charge on any atom is 0.213 e. The van der Waals surface area contributed by atoms with Crippen molar-refractivity contribution in [2.45, 2.75) is 18.9 Å². The fourth-order valence-electron chi connectivity index (χ4n) is 4.80. The molecule has 0 radical (unpaired) electrons. The molecule has 6 rings (SSSR count). The Morgan fingerprint density at radius 1 is 1.06 bits per heavy atom. The third-order valence-electron chi connectivity index (χ3n) is 6.23. The summed E-state index contributed by atoms with van der Waals surface area (Å²) in [6.07, 6.45) is 6.89. The Bertz CT molecular complexity index is 1260. The SMILES string of the molecule is Fc1cc(-c2nnc(N3CCC(C4c5c(F)cccc5-c5cncn54)CC3)s2)ccn1. The summed E-state index contributed by atoms with van der Waals surface area (Å²) in [4.78, 5) is 10.1. The van der Waals surface area contributed by atoms with Gasteiger partial charge in [-0.25, -0.2) is 14.4 Å². The quantitative estimate of drug-likeness (QED) is 0.441. The van der Waals surface area contributed by atoms with Crippen LogP contribution in [0.3, 0.4) is 0 Å². The van der Waals surface area contributed by atoms with Crippen molar-refractivity contribution in [1.29, 1.82) is 0 Å². The highest BCUT2D eigenvalue weighted by Crippen LogP contribution is 2.47. The Labute approximate surface area is 181 Å². The second-order valence-electron chi connectivity index (χ2n) is 7.91. The normalized spacial score (nSPS) is 18.3. The maximum absolute atomic E-state index is 14.8. The molecule has 1 fully saturated rings. The highest BCUT2D eigenvalue weighted by Gasteiger charge is 2.38. The highest BCUT2D eigenvalue weighted by molar-refractivity contribution is 7.18. The first-order valence-electron chi connectivity index (χ1n) is 10.2. The molecule has 1 saturated heterocycles. The number of fused-ring (bicyclic) bond motifs is 3. The second-order valence-corrected chi connectivity index (χ2v) is 8.87. The third kappa shape index (κ3) is 3.03. The van der Waals surface area contributed by atoms with Gasteiger partial charge in [-0.15, -0.1) is 10.2 Å². The topological polar surface area (TPSA) is 59.7 Å². The van der Waals surface area contributed by atoms with Crippen LogP contribution in [0.2, 0.25) is 0 Å². The van der Waals surface area contributed by atoms with Gasteiger partial charge in [0.1, 0.15) is 10.8 Å². The largest absolute Gasteiger partial charge is 0.347 e. The van der Waals surface area contributed by atoms with Gasteiger partial charge in [0, 0.05) is 42.0 Å². The summed E-state index contributed by atoms with van der Waals surface area (Å²) in [7, 11) is 0. The molecule has 0 saturated carbocycles. The number of imidazole rings is 1. The molecular weight excluding hydrogens is 418 g/mol. The molecule has 5 heterocycles. The van der Waals surface area contributed by atoms with Gasteiger partial charge in [0.25, 0.3) is 0 Å². The van der Waals surface area contributed by atoms with Crippen LogP contribution in [0.25, 0.3) is 21.8 Å². The number of piperidine rings is 1. The van der Waals surface area contributed by atoms with Crippen molar-refractivity contribution in [1.82, 2.24) is 24.7 Å². The first-order valence-corrected chi connectivity index (χ1v) is 11.0. The predicted molar refractivity (Wildman–Crippen MR) is 114 cm³/mol. The van der Waals surface area contributed by atoms with Crippen molar-refractivity contribution in [2.24, 2.45) is 5.92 Å². The van der Waals surface area contributed by atoms with E-state index in [0.29, 0.717) is 16.5 Å². The highest BCUT2D eigenvalue weighted by atomic mass is 32.1.